The van der Waals surface area contributed by atoms with Crippen molar-refractivity contribution in [2.75, 3.05) is 0 Å². The summed E-state index contributed by atoms with van der Waals surface area (Å²) in [4.78, 5) is 58.3. The van der Waals surface area contributed by atoms with Crippen LogP contribution in [0.1, 0.15) is 0 Å². The first kappa shape index (κ1) is 56.5. The summed E-state index contributed by atoms with van der Waals surface area (Å²) in [5.74, 6) is 0. The number of aromatic nitrogens is 6. The van der Waals surface area contributed by atoms with Gasteiger partial charge >= 0.3 is 34.1 Å². The van der Waals surface area contributed by atoms with Crippen molar-refractivity contribution in [3.05, 3.63) is 208 Å². The molecule has 6 aromatic heterocycles. The van der Waals surface area contributed by atoms with Crippen molar-refractivity contribution in [2.45, 2.75) is 0 Å². The molecule has 0 aliphatic carbocycles. The monoisotopic (exact) mass is 928 g/mol. The van der Waals surface area contributed by atoms with E-state index in [0.29, 0.717) is 0 Å². The second-order valence-corrected chi connectivity index (χ2v) is 9.80. The molecule has 0 spiro atoms. The van der Waals surface area contributed by atoms with Gasteiger partial charge in [-0.05, 0) is 59.7 Å². The fourth-order valence-electron chi connectivity index (χ4n) is 4.45. The predicted molar refractivity (Wildman–Crippen MR) is 213 cm³/mol. The summed E-state index contributed by atoms with van der Waals surface area (Å²) in [6.45, 7) is 0. The molecular formula is C34H30Cu2N10O14+2. The van der Waals surface area contributed by atoms with Crippen LogP contribution in [0.4, 0.5) is 0 Å². The second-order valence-electron chi connectivity index (χ2n) is 9.80. The van der Waals surface area contributed by atoms with Gasteiger partial charge in [-0.3, -0.25) is 29.9 Å². The number of fused-ring (bicyclic) bond motifs is 6. The van der Waals surface area contributed by atoms with Crippen molar-refractivity contribution in [3.8, 4) is 11.1 Å². The van der Waals surface area contributed by atoms with Crippen molar-refractivity contribution in [3.63, 3.8) is 0 Å². The molecule has 0 atom stereocenters. The molecule has 8 aromatic rings. The number of rotatable bonds is 1. The number of benzene rings is 2. The van der Waals surface area contributed by atoms with E-state index in [1.54, 1.807) is 49.6 Å². The normalized spacial score (nSPS) is 8.60. The quantitative estimate of drug-likeness (QED) is 0.0694. The van der Waals surface area contributed by atoms with Gasteiger partial charge in [0.1, 0.15) is 0 Å². The Hall–Kier alpha value is -7.86. The third kappa shape index (κ3) is 22.0. The fraction of sp³-hybridized carbons (Fsp3) is 0. The standard InChI is InChI=1S/2C12H8N2.C10H8N2.2Cu.4NO3.2H2O/c2*1-3-9-5-6-10-4-2-8-14-12(10)11(9)13-7-1;1-5-11-6-2-9(1)10-3-7-12-8-4-10;;;4*2-1(3)4;;/h2*1-8H;1-8H;;;;;;;2*1H2/q;;;2*+2;4*-1;;/p+2. The van der Waals surface area contributed by atoms with E-state index in [1.807, 2.05) is 48.5 Å². The topological polar surface area (TPSA) is 408 Å². The van der Waals surface area contributed by atoms with E-state index in [4.69, 9.17) is 61.3 Å². The average molecular weight is 930 g/mol. The molecule has 2 aromatic carbocycles. The zero-order chi connectivity index (χ0) is 41.3. The molecule has 6 N–H and O–H groups in total. The van der Waals surface area contributed by atoms with Gasteiger partial charge in [-0.2, -0.15) is 0 Å². The van der Waals surface area contributed by atoms with E-state index in [0.717, 1.165) is 43.6 Å². The second kappa shape index (κ2) is 31.3. The van der Waals surface area contributed by atoms with Crippen LogP contribution < -0.4 is 0 Å². The van der Waals surface area contributed by atoms with Crippen LogP contribution in [-0.2, 0) is 45.1 Å². The van der Waals surface area contributed by atoms with Crippen molar-refractivity contribution in [1.29, 1.82) is 0 Å². The Bertz CT molecular complexity index is 2160. The minimum Gasteiger partial charge on any atom is -0.457 e. The van der Waals surface area contributed by atoms with Gasteiger partial charge in [-0.25, -0.2) is 0 Å². The largest absolute Gasteiger partial charge is 2.00 e. The molecule has 26 heteroatoms. The van der Waals surface area contributed by atoms with E-state index < -0.39 is 20.3 Å². The first-order chi connectivity index (χ1) is 26.8. The van der Waals surface area contributed by atoms with Gasteiger partial charge in [0.25, 0.3) is 0 Å². The fourth-order valence-corrected chi connectivity index (χ4v) is 4.45. The molecule has 320 valence electrons. The molecular weight excluding hydrogens is 900 g/mol. The minimum absolute atomic E-state index is 0. The van der Waals surface area contributed by atoms with Gasteiger partial charge in [0.15, 0.2) is 0 Å². The molecule has 2 radical (unpaired) electrons. The molecule has 0 aliphatic rings. The van der Waals surface area contributed by atoms with E-state index in [2.05, 4.69) is 78.4 Å². The van der Waals surface area contributed by atoms with Crippen molar-refractivity contribution in [2.24, 2.45) is 0 Å². The Morgan fingerprint density at radius 2 is 0.500 bits per heavy atom. The molecule has 60 heavy (non-hydrogen) atoms. The summed E-state index contributed by atoms with van der Waals surface area (Å²) in [6, 6.07) is 32.2. The summed E-state index contributed by atoms with van der Waals surface area (Å²) < 4.78 is 0. The van der Waals surface area contributed by atoms with Gasteiger partial charge in [0.05, 0.1) is 42.4 Å². The van der Waals surface area contributed by atoms with Crippen LogP contribution in [0.5, 0.6) is 0 Å². The third-order valence-electron chi connectivity index (χ3n) is 6.38. The maximum atomic E-state index is 8.25. The minimum atomic E-state index is -1.75. The number of nitrogens with zero attached hydrogens (tertiary/aromatic N) is 10. The van der Waals surface area contributed by atoms with Crippen molar-refractivity contribution < 1.29 is 65.4 Å². The molecule has 0 unspecified atom stereocenters. The number of hydrogen-bond donors (Lipinski definition) is 0. The summed E-state index contributed by atoms with van der Waals surface area (Å²) in [5.41, 5.74) is 6.26. The van der Waals surface area contributed by atoms with Crippen LogP contribution in [0.15, 0.2) is 147 Å². The van der Waals surface area contributed by atoms with Gasteiger partial charge in [0.2, 0.25) is 0 Å². The molecule has 0 saturated heterocycles. The van der Waals surface area contributed by atoms with Crippen LogP contribution in [0.25, 0.3) is 54.7 Å². The Morgan fingerprint density at radius 1 is 0.317 bits per heavy atom. The van der Waals surface area contributed by atoms with Crippen LogP contribution in [0.3, 0.4) is 0 Å². The summed E-state index contributed by atoms with van der Waals surface area (Å²) >= 11 is 0. The van der Waals surface area contributed by atoms with E-state index >= 15 is 0 Å². The van der Waals surface area contributed by atoms with Crippen molar-refractivity contribution in [1.82, 2.24) is 29.9 Å². The first-order valence-corrected chi connectivity index (χ1v) is 15.0. The van der Waals surface area contributed by atoms with Crippen LogP contribution in [0.2, 0.25) is 0 Å². The number of hydrogen-bond acceptors (Lipinski definition) is 18. The molecule has 0 aliphatic heterocycles. The van der Waals surface area contributed by atoms with Gasteiger partial charge in [-0.1, -0.05) is 48.5 Å². The van der Waals surface area contributed by atoms with E-state index in [-0.39, 0.29) is 45.1 Å². The Morgan fingerprint density at radius 3 is 0.683 bits per heavy atom. The SMILES string of the molecule is O=[N+]([O-])[O-].O=[N+]([O-])[O-].O=[N+]([O-])[O-].O=[N+]([O-])[O-].[Cu+2].[Cu+2].[OH3+].[OH3+].c1cc(-c2ccncc2)ccn1.c1cnc2c(c1)ccc1cccnc12.c1cnc2c(c1)ccc1cccnc12. The van der Waals surface area contributed by atoms with Gasteiger partial charge in [0, 0.05) is 71.1 Å². The van der Waals surface area contributed by atoms with Crippen LogP contribution in [-0.4, -0.2) is 50.3 Å². The van der Waals surface area contributed by atoms with Gasteiger partial charge < -0.3 is 72.2 Å². The molecule has 0 fully saturated rings. The maximum Gasteiger partial charge on any atom is 2.00 e. The molecule has 8 rings (SSSR count). The van der Waals surface area contributed by atoms with Crippen molar-refractivity contribution >= 4 is 43.6 Å². The molecule has 24 nitrogen and oxygen atoms in total. The van der Waals surface area contributed by atoms with E-state index in [1.165, 1.54) is 11.1 Å². The Kier molecular flexibility index (Phi) is 29.4. The Balaban J connectivity index is -0.000000673. The molecule has 0 bridgehead atoms. The van der Waals surface area contributed by atoms with Crippen LogP contribution >= 0.6 is 0 Å². The van der Waals surface area contributed by atoms with Crippen LogP contribution in [0, 0.1) is 61.3 Å². The third-order valence-corrected chi connectivity index (χ3v) is 6.38. The predicted octanol–water partition coefficient (Wildman–Crippen LogP) is 4.90. The summed E-state index contributed by atoms with van der Waals surface area (Å²) in [7, 11) is 0. The summed E-state index contributed by atoms with van der Waals surface area (Å²) in [5, 5.41) is 63.6. The Labute approximate surface area is 356 Å². The maximum absolute atomic E-state index is 8.25. The van der Waals surface area contributed by atoms with Gasteiger partial charge in [-0.15, -0.1) is 0 Å². The first-order valence-electron chi connectivity index (χ1n) is 15.0. The molecule has 6 heterocycles. The average Bonchev–Trinajstić information content (AvgIpc) is 3.18. The number of pyridine rings is 6. The molecule has 0 amide bonds. The van der Waals surface area contributed by atoms with E-state index in [9.17, 15) is 0 Å². The smallest absolute Gasteiger partial charge is 0.457 e. The summed E-state index contributed by atoms with van der Waals surface area (Å²) in [6.07, 6.45) is 14.4. The molecule has 0 saturated carbocycles. The zero-order valence-corrected chi connectivity index (χ0v) is 31.9. The zero-order valence-electron chi connectivity index (χ0n) is 30.0.